The quantitative estimate of drug-likeness (QED) is 0.402. The topological polar surface area (TPSA) is 85.0 Å². The number of nitro groups is 1. The summed E-state index contributed by atoms with van der Waals surface area (Å²) in [6, 6.07) is 9.63. The molecular formula is C17H15N5O2S. The number of anilines is 1. The Morgan fingerprint density at radius 3 is 2.68 bits per heavy atom. The molecule has 7 nitrogen and oxygen atoms in total. The second-order valence-electron chi connectivity index (χ2n) is 5.74. The van der Waals surface area contributed by atoms with Crippen LogP contribution >= 0.6 is 11.8 Å². The Bertz CT molecular complexity index is 938. The number of fused-ring (bicyclic) bond motifs is 1. The molecule has 0 radical (unpaired) electrons. The molecule has 3 aromatic rings. The van der Waals surface area contributed by atoms with E-state index in [1.165, 1.54) is 18.1 Å². The Kier molecular flexibility index (Phi) is 4.19. The number of aromatic nitrogens is 3. The zero-order valence-electron chi connectivity index (χ0n) is 13.3. The predicted molar refractivity (Wildman–Crippen MR) is 96.0 cm³/mol. The summed E-state index contributed by atoms with van der Waals surface area (Å²) >= 11 is 1.26. The lowest BCUT2D eigenvalue weighted by molar-refractivity contribution is -0.387. The van der Waals surface area contributed by atoms with E-state index in [2.05, 4.69) is 15.0 Å². The fourth-order valence-corrected chi connectivity index (χ4v) is 4.00. The van der Waals surface area contributed by atoms with Gasteiger partial charge in [-0.2, -0.15) is 0 Å². The van der Waals surface area contributed by atoms with Crippen LogP contribution in [-0.4, -0.2) is 33.0 Å². The number of nitrogens with zero attached hydrogens (tertiary/aromatic N) is 5. The molecule has 1 fully saturated rings. The lowest BCUT2D eigenvalue weighted by Crippen LogP contribution is -2.20. The van der Waals surface area contributed by atoms with Gasteiger partial charge in [-0.3, -0.25) is 15.1 Å². The van der Waals surface area contributed by atoms with Crippen LogP contribution in [0.15, 0.2) is 52.8 Å². The third-order valence-electron chi connectivity index (χ3n) is 4.16. The van der Waals surface area contributed by atoms with Crippen LogP contribution in [0.5, 0.6) is 0 Å². The van der Waals surface area contributed by atoms with Crippen molar-refractivity contribution < 1.29 is 4.92 Å². The zero-order chi connectivity index (χ0) is 17.2. The van der Waals surface area contributed by atoms with Crippen LogP contribution in [0.25, 0.3) is 10.9 Å². The maximum atomic E-state index is 11.7. The van der Waals surface area contributed by atoms with Crippen molar-refractivity contribution in [3.63, 3.8) is 0 Å². The van der Waals surface area contributed by atoms with E-state index >= 15 is 0 Å². The standard InChI is InChI=1S/C17H15N5O2S/c23-22(24)15-16(21-9-1-2-10-21)19-11-20-17(15)25-13-7-3-5-12-6-4-8-18-14(12)13/h3-8,11H,1-2,9-10H2. The van der Waals surface area contributed by atoms with Crippen molar-refractivity contribution in [2.24, 2.45) is 0 Å². The van der Waals surface area contributed by atoms with Gasteiger partial charge < -0.3 is 4.90 Å². The van der Waals surface area contributed by atoms with Gasteiger partial charge in [0, 0.05) is 29.6 Å². The molecule has 0 N–H and O–H groups in total. The maximum absolute atomic E-state index is 11.7. The highest BCUT2D eigenvalue weighted by molar-refractivity contribution is 7.99. The molecule has 0 spiro atoms. The monoisotopic (exact) mass is 353 g/mol. The van der Waals surface area contributed by atoms with Crippen molar-refractivity contribution in [2.45, 2.75) is 22.8 Å². The van der Waals surface area contributed by atoms with E-state index < -0.39 is 0 Å². The number of rotatable bonds is 4. The van der Waals surface area contributed by atoms with Gasteiger partial charge in [0.15, 0.2) is 5.03 Å². The third kappa shape index (κ3) is 3.00. The number of hydrogen-bond acceptors (Lipinski definition) is 7. The third-order valence-corrected chi connectivity index (χ3v) is 5.20. The van der Waals surface area contributed by atoms with Gasteiger partial charge in [-0.15, -0.1) is 0 Å². The first kappa shape index (κ1) is 15.8. The molecule has 0 saturated carbocycles. The average Bonchev–Trinajstić information content (AvgIpc) is 3.16. The number of pyridine rings is 1. The molecule has 1 aliphatic heterocycles. The highest BCUT2D eigenvalue weighted by Crippen LogP contribution is 2.40. The van der Waals surface area contributed by atoms with Crippen molar-refractivity contribution in [1.82, 2.24) is 15.0 Å². The van der Waals surface area contributed by atoms with Crippen LogP contribution in [0.2, 0.25) is 0 Å². The fourth-order valence-electron chi connectivity index (χ4n) is 3.01. The minimum absolute atomic E-state index is 0.0256. The van der Waals surface area contributed by atoms with Crippen LogP contribution in [0.4, 0.5) is 11.5 Å². The summed E-state index contributed by atoms with van der Waals surface area (Å²) in [5.74, 6) is 0.410. The molecule has 2 aromatic heterocycles. The lowest BCUT2D eigenvalue weighted by atomic mass is 10.2. The maximum Gasteiger partial charge on any atom is 0.343 e. The zero-order valence-corrected chi connectivity index (χ0v) is 14.1. The molecule has 1 aliphatic rings. The van der Waals surface area contributed by atoms with Crippen LogP contribution < -0.4 is 4.90 Å². The number of benzene rings is 1. The van der Waals surface area contributed by atoms with Crippen molar-refractivity contribution in [1.29, 1.82) is 0 Å². The second-order valence-corrected chi connectivity index (χ2v) is 6.77. The van der Waals surface area contributed by atoms with E-state index in [0.29, 0.717) is 10.8 Å². The highest BCUT2D eigenvalue weighted by atomic mass is 32.2. The van der Waals surface area contributed by atoms with E-state index in [1.807, 2.05) is 35.2 Å². The predicted octanol–water partition coefficient (Wildman–Crippen LogP) is 3.68. The molecular weight excluding hydrogens is 338 g/mol. The van der Waals surface area contributed by atoms with E-state index in [4.69, 9.17) is 0 Å². The molecule has 126 valence electrons. The first-order valence-electron chi connectivity index (χ1n) is 8.00. The summed E-state index contributed by atoms with van der Waals surface area (Å²) in [4.78, 5) is 26.9. The van der Waals surface area contributed by atoms with Gasteiger partial charge in [-0.05, 0) is 25.0 Å². The second kappa shape index (κ2) is 6.64. The van der Waals surface area contributed by atoms with Crippen LogP contribution in [0.1, 0.15) is 12.8 Å². The van der Waals surface area contributed by atoms with E-state index in [-0.39, 0.29) is 10.6 Å². The molecule has 0 amide bonds. The molecule has 1 aromatic carbocycles. The molecule has 8 heteroatoms. The Balaban J connectivity index is 1.79. The Morgan fingerprint density at radius 1 is 1.08 bits per heavy atom. The highest BCUT2D eigenvalue weighted by Gasteiger charge is 2.29. The molecule has 0 unspecified atom stereocenters. The average molecular weight is 353 g/mol. The first-order valence-corrected chi connectivity index (χ1v) is 8.81. The Morgan fingerprint density at radius 2 is 1.88 bits per heavy atom. The SMILES string of the molecule is O=[N+]([O-])c1c(Sc2cccc3cccnc23)ncnc1N1CCCC1. The van der Waals surface area contributed by atoms with Gasteiger partial charge in [0.2, 0.25) is 5.82 Å². The number of para-hydroxylation sites is 1. The molecule has 25 heavy (non-hydrogen) atoms. The van der Waals surface area contributed by atoms with Crippen molar-refractivity contribution in [3.8, 4) is 0 Å². The van der Waals surface area contributed by atoms with Gasteiger partial charge in [0.25, 0.3) is 0 Å². The smallest absolute Gasteiger partial charge is 0.343 e. The molecule has 1 saturated heterocycles. The normalized spacial score (nSPS) is 14.2. The van der Waals surface area contributed by atoms with Gasteiger partial charge >= 0.3 is 5.69 Å². The minimum atomic E-state index is -0.380. The van der Waals surface area contributed by atoms with Crippen molar-refractivity contribution >= 4 is 34.2 Å². The fraction of sp³-hybridized carbons (Fsp3) is 0.235. The summed E-state index contributed by atoms with van der Waals surface area (Å²) < 4.78 is 0. The Hall–Kier alpha value is -2.74. The van der Waals surface area contributed by atoms with E-state index in [1.54, 1.807) is 6.20 Å². The summed E-state index contributed by atoms with van der Waals surface area (Å²) in [7, 11) is 0. The first-order chi connectivity index (χ1) is 12.2. The molecule has 4 rings (SSSR count). The van der Waals surface area contributed by atoms with Gasteiger partial charge in [-0.1, -0.05) is 30.0 Å². The lowest BCUT2D eigenvalue weighted by Gasteiger charge is -2.16. The van der Waals surface area contributed by atoms with Crippen LogP contribution in [0.3, 0.4) is 0 Å². The Labute approximate surface area is 148 Å². The summed E-state index contributed by atoms with van der Waals surface area (Å²) in [6.45, 7) is 1.58. The molecule has 0 bridgehead atoms. The van der Waals surface area contributed by atoms with Gasteiger partial charge in [0.05, 0.1) is 10.4 Å². The van der Waals surface area contributed by atoms with E-state index in [9.17, 15) is 10.1 Å². The summed E-state index contributed by atoms with van der Waals surface area (Å²) in [6.07, 6.45) is 5.17. The summed E-state index contributed by atoms with van der Waals surface area (Å²) in [5, 5.41) is 13.1. The molecule has 3 heterocycles. The van der Waals surface area contributed by atoms with Gasteiger partial charge in [-0.25, -0.2) is 9.97 Å². The molecule has 0 aliphatic carbocycles. The molecule has 0 atom stereocenters. The van der Waals surface area contributed by atoms with Crippen molar-refractivity contribution in [3.05, 3.63) is 53.0 Å². The largest absolute Gasteiger partial charge is 0.351 e. The minimum Gasteiger partial charge on any atom is -0.351 e. The van der Waals surface area contributed by atoms with Crippen LogP contribution in [0, 0.1) is 10.1 Å². The van der Waals surface area contributed by atoms with Gasteiger partial charge in [0.1, 0.15) is 6.33 Å². The van der Waals surface area contributed by atoms with Crippen molar-refractivity contribution in [2.75, 3.05) is 18.0 Å². The number of hydrogen-bond donors (Lipinski definition) is 0. The van der Waals surface area contributed by atoms with E-state index in [0.717, 1.165) is 41.7 Å². The summed E-state index contributed by atoms with van der Waals surface area (Å²) in [5.41, 5.74) is 0.785. The van der Waals surface area contributed by atoms with Crippen LogP contribution in [-0.2, 0) is 0 Å².